The number of para-hydroxylation sites is 2. The Morgan fingerprint density at radius 2 is 1.67 bits per heavy atom. The van der Waals surface area contributed by atoms with E-state index in [1.807, 2.05) is 0 Å². The van der Waals surface area contributed by atoms with E-state index >= 15 is 0 Å². The lowest BCUT2D eigenvalue weighted by Crippen LogP contribution is -2.16. The van der Waals surface area contributed by atoms with E-state index in [0.29, 0.717) is 6.42 Å². The lowest BCUT2D eigenvalue weighted by molar-refractivity contribution is -0.139. The third-order valence-electron chi connectivity index (χ3n) is 2.77. The van der Waals surface area contributed by atoms with Crippen molar-refractivity contribution in [3.63, 3.8) is 0 Å². The molecule has 0 saturated heterocycles. The van der Waals surface area contributed by atoms with Gasteiger partial charge in [-0.1, -0.05) is 48.3 Å². The fourth-order valence-electron chi connectivity index (χ4n) is 1.56. The molecule has 0 aromatic heterocycles. The van der Waals surface area contributed by atoms with Crippen molar-refractivity contribution < 1.29 is 19.1 Å². The van der Waals surface area contributed by atoms with Crippen LogP contribution < -0.4 is 9.47 Å². The van der Waals surface area contributed by atoms with Crippen LogP contribution in [-0.2, 0) is 9.59 Å². The maximum absolute atomic E-state index is 11.8. The molecule has 1 aromatic carbocycles. The van der Waals surface area contributed by atoms with Crippen LogP contribution in [0.4, 0.5) is 0 Å². The molecule has 0 aliphatic rings. The monoisotopic (exact) mass is 356 g/mol. The Morgan fingerprint density at radius 1 is 1.05 bits per heavy atom. The average molecular weight is 357 g/mol. The highest BCUT2D eigenvalue weighted by Crippen LogP contribution is 2.27. The van der Waals surface area contributed by atoms with Crippen molar-refractivity contribution in [2.45, 2.75) is 39.5 Å². The van der Waals surface area contributed by atoms with Gasteiger partial charge >= 0.3 is 11.9 Å². The molecule has 0 N–H and O–H groups in total. The molecule has 4 nitrogen and oxygen atoms in total. The van der Waals surface area contributed by atoms with E-state index < -0.39 is 0 Å². The molecular weight excluding hydrogens is 336 g/mol. The number of hydrogen-bond acceptors (Lipinski definition) is 4. The quantitative estimate of drug-likeness (QED) is 0.304. The van der Waals surface area contributed by atoms with Crippen LogP contribution in [0.3, 0.4) is 0 Å². The average Bonchev–Trinajstić information content (AvgIpc) is 2.45. The predicted molar refractivity (Wildman–Crippen MR) is 84.8 cm³/mol. The molecule has 1 aromatic rings. The third kappa shape index (κ3) is 6.76. The van der Waals surface area contributed by atoms with Crippen molar-refractivity contribution in [2.75, 3.05) is 5.33 Å². The minimum absolute atomic E-state index is 0.238. The number of alkyl halides is 1. The van der Waals surface area contributed by atoms with Gasteiger partial charge in [-0.3, -0.25) is 9.59 Å². The van der Waals surface area contributed by atoms with Crippen molar-refractivity contribution in [2.24, 2.45) is 5.92 Å². The number of hydrogen-bond donors (Lipinski definition) is 0. The second-order valence-electron chi connectivity index (χ2n) is 5.00. The summed E-state index contributed by atoms with van der Waals surface area (Å²) in [5, 5.41) is 0.941. The Morgan fingerprint density at radius 3 is 2.24 bits per heavy atom. The summed E-state index contributed by atoms with van der Waals surface area (Å²) in [5.41, 5.74) is 0. The molecule has 0 bridgehead atoms. The summed E-state index contributed by atoms with van der Waals surface area (Å²) in [6.07, 6.45) is 3.16. The Hall–Kier alpha value is -1.36. The zero-order valence-electron chi connectivity index (χ0n) is 12.4. The molecule has 0 unspecified atom stereocenters. The second-order valence-corrected chi connectivity index (χ2v) is 5.79. The minimum atomic E-state index is -0.351. The minimum Gasteiger partial charge on any atom is -0.423 e. The zero-order valence-corrected chi connectivity index (χ0v) is 14.0. The van der Waals surface area contributed by atoms with Gasteiger partial charge in [0.15, 0.2) is 11.5 Å². The summed E-state index contributed by atoms with van der Waals surface area (Å²) in [6, 6.07) is 6.71. The Labute approximate surface area is 133 Å². The van der Waals surface area contributed by atoms with Gasteiger partial charge in [-0.05, 0) is 25.0 Å². The lowest BCUT2D eigenvalue weighted by atomic mass is 10.2. The number of halogens is 1. The van der Waals surface area contributed by atoms with Crippen LogP contribution in [0.1, 0.15) is 39.5 Å². The molecule has 0 aliphatic carbocycles. The molecule has 0 saturated carbocycles. The topological polar surface area (TPSA) is 52.6 Å². The fourth-order valence-corrected chi connectivity index (χ4v) is 1.96. The number of ether oxygens (including phenoxy) is 2. The maximum Gasteiger partial charge on any atom is 0.313 e. The van der Waals surface area contributed by atoms with Crippen LogP contribution in [0, 0.1) is 5.92 Å². The van der Waals surface area contributed by atoms with E-state index in [2.05, 4.69) is 15.9 Å². The third-order valence-corrected chi connectivity index (χ3v) is 3.33. The van der Waals surface area contributed by atoms with Gasteiger partial charge in [0.25, 0.3) is 0 Å². The van der Waals surface area contributed by atoms with Gasteiger partial charge in [-0.25, -0.2) is 0 Å². The fraction of sp³-hybridized carbons (Fsp3) is 0.500. The highest BCUT2D eigenvalue weighted by Gasteiger charge is 2.15. The largest absolute Gasteiger partial charge is 0.423 e. The summed E-state index contributed by atoms with van der Waals surface area (Å²) in [5.74, 6) is -0.326. The molecule has 5 heteroatoms. The molecule has 0 amide bonds. The van der Waals surface area contributed by atoms with Crippen LogP contribution in [0.5, 0.6) is 11.5 Å². The highest BCUT2D eigenvalue weighted by molar-refractivity contribution is 9.09. The van der Waals surface area contributed by atoms with Gasteiger partial charge < -0.3 is 9.47 Å². The van der Waals surface area contributed by atoms with Gasteiger partial charge in [0.2, 0.25) is 0 Å². The van der Waals surface area contributed by atoms with E-state index in [1.54, 1.807) is 38.1 Å². The Bertz CT molecular complexity index is 471. The van der Waals surface area contributed by atoms with E-state index in [-0.39, 0.29) is 29.4 Å². The van der Waals surface area contributed by atoms with Crippen molar-refractivity contribution in [3.8, 4) is 11.5 Å². The second kappa shape index (κ2) is 9.55. The molecule has 0 spiro atoms. The van der Waals surface area contributed by atoms with Gasteiger partial charge in [0.05, 0.1) is 5.92 Å². The summed E-state index contributed by atoms with van der Waals surface area (Å²) in [6.45, 7) is 3.50. The van der Waals surface area contributed by atoms with Gasteiger partial charge in [0.1, 0.15) is 0 Å². The number of benzene rings is 1. The van der Waals surface area contributed by atoms with Crippen molar-refractivity contribution in [3.05, 3.63) is 24.3 Å². The smallest absolute Gasteiger partial charge is 0.313 e. The van der Waals surface area contributed by atoms with Crippen molar-refractivity contribution in [1.29, 1.82) is 0 Å². The number of carbonyl (C=O) groups excluding carboxylic acids is 2. The van der Waals surface area contributed by atoms with Gasteiger partial charge in [-0.2, -0.15) is 0 Å². The molecule has 0 atom stereocenters. The number of esters is 2. The van der Waals surface area contributed by atoms with Crippen molar-refractivity contribution >= 4 is 27.9 Å². The molecule has 0 radical (unpaired) electrons. The zero-order chi connectivity index (χ0) is 15.7. The molecule has 21 heavy (non-hydrogen) atoms. The molecular formula is C16H21BrO4. The molecule has 0 fully saturated rings. The van der Waals surface area contributed by atoms with E-state index in [1.165, 1.54) is 0 Å². The number of rotatable bonds is 8. The summed E-state index contributed by atoms with van der Waals surface area (Å²) in [7, 11) is 0. The lowest BCUT2D eigenvalue weighted by Gasteiger charge is -2.11. The van der Waals surface area contributed by atoms with Crippen LogP contribution in [0.2, 0.25) is 0 Å². The molecule has 0 heterocycles. The Balaban J connectivity index is 2.58. The number of unbranched alkanes of at least 4 members (excludes halogenated alkanes) is 2. The van der Waals surface area contributed by atoms with Crippen LogP contribution in [-0.4, -0.2) is 17.3 Å². The Kier molecular flexibility index (Phi) is 8.05. The van der Waals surface area contributed by atoms with Crippen LogP contribution >= 0.6 is 15.9 Å². The van der Waals surface area contributed by atoms with E-state index in [0.717, 1.165) is 24.6 Å². The first-order valence-corrected chi connectivity index (χ1v) is 8.24. The van der Waals surface area contributed by atoms with E-state index in [4.69, 9.17) is 9.47 Å². The molecule has 1 rings (SSSR count). The summed E-state index contributed by atoms with van der Waals surface area (Å²) < 4.78 is 10.5. The SMILES string of the molecule is CC(C)C(=O)Oc1ccccc1OC(=O)CCCCCBr. The first kappa shape index (κ1) is 17.7. The first-order valence-electron chi connectivity index (χ1n) is 7.12. The molecule has 116 valence electrons. The summed E-state index contributed by atoms with van der Waals surface area (Å²) >= 11 is 3.35. The summed E-state index contributed by atoms with van der Waals surface area (Å²) in [4.78, 5) is 23.4. The van der Waals surface area contributed by atoms with E-state index in [9.17, 15) is 9.59 Å². The van der Waals surface area contributed by atoms with Crippen LogP contribution in [0.25, 0.3) is 0 Å². The molecule has 0 aliphatic heterocycles. The van der Waals surface area contributed by atoms with Crippen molar-refractivity contribution in [1.82, 2.24) is 0 Å². The maximum atomic E-state index is 11.8. The first-order chi connectivity index (χ1) is 10.0. The highest BCUT2D eigenvalue weighted by atomic mass is 79.9. The standard InChI is InChI=1S/C16H21BrO4/c1-12(2)16(19)21-14-9-6-5-8-13(14)20-15(18)10-4-3-7-11-17/h5-6,8-9,12H,3-4,7,10-11H2,1-2H3. The van der Waals surface area contributed by atoms with Gasteiger partial charge in [-0.15, -0.1) is 0 Å². The normalized spacial score (nSPS) is 10.5. The predicted octanol–water partition coefficient (Wildman–Crippen LogP) is 4.11. The van der Waals surface area contributed by atoms with Crippen LogP contribution in [0.15, 0.2) is 24.3 Å². The van der Waals surface area contributed by atoms with Gasteiger partial charge in [0, 0.05) is 11.8 Å². The number of carbonyl (C=O) groups is 2.